The number of halogens is 1. The molecule has 1 aromatic rings. The molecule has 0 aliphatic heterocycles. The summed E-state index contributed by atoms with van der Waals surface area (Å²) in [5.74, 6) is 0. The maximum Gasteiger partial charge on any atom is 0.129 e. The second-order valence-electron chi connectivity index (χ2n) is 2.04. The molecule has 1 atom stereocenters. The quantitative estimate of drug-likeness (QED) is 0.660. The van der Waals surface area contributed by atoms with Gasteiger partial charge in [-0.15, -0.1) is 11.6 Å². The first-order valence-corrected chi connectivity index (χ1v) is 4.43. The van der Waals surface area contributed by atoms with Crippen molar-refractivity contribution in [2.45, 2.75) is 25.1 Å². The Bertz CT molecular complexity index is 176. The van der Waals surface area contributed by atoms with E-state index in [2.05, 4.69) is 16.3 Å². The van der Waals surface area contributed by atoms with Crippen molar-refractivity contribution in [3.8, 4) is 0 Å². The van der Waals surface area contributed by atoms with E-state index >= 15 is 0 Å². The Labute approximate surface area is 69.4 Å². The maximum absolute atomic E-state index is 5.90. The van der Waals surface area contributed by atoms with Gasteiger partial charge in [-0.1, -0.05) is 6.92 Å². The van der Waals surface area contributed by atoms with Gasteiger partial charge in [0.05, 0.1) is 0 Å². The van der Waals surface area contributed by atoms with Crippen LogP contribution in [0.25, 0.3) is 0 Å². The van der Waals surface area contributed by atoms with Crippen molar-refractivity contribution in [1.82, 2.24) is 9.36 Å². The third kappa shape index (κ3) is 2.23. The first kappa shape index (κ1) is 7.95. The van der Waals surface area contributed by atoms with E-state index < -0.39 is 0 Å². The van der Waals surface area contributed by atoms with Gasteiger partial charge in [0, 0.05) is 11.8 Å². The predicted octanol–water partition coefficient (Wildman–Crippen LogP) is 2.10. The summed E-state index contributed by atoms with van der Waals surface area (Å²) in [5, 5.41) is 1.25. The molecule has 0 radical (unpaired) electrons. The zero-order valence-corrected chi connectivity index (χ0v) is 7.32. The van der Waals surface area contributed by atoms with Crippen LogP contribution in [0.1, 0.15) is 18.4 Å². The van der Waals surface area contributed by atoms with E-state index in [1.165, 1.54) is 11.5 Å². The maximum atomic E-state index is 5.90. The number of aromatic nitrogens is 2. The molecule has 0 aliphatic carbocycles. The van der Waals surface area contributed by atoms with Crippen LogP contribution in [0.4, 0.5) is 0 Å². The summed E-state index contributed by atoms with van der Waals surface area (Å²) in [6.45, 7) is 2.07. The number of hydrogen-bond donors (Lipinski definition) is 0. The molecule has 0 aliphatic rings. The Morgan fingerprint density at radius 1 is 1.80 bits per heavy atom. The van der Waals surface area contributed by atoms with Gasteiger partial charge in [0.25, 0.3) is 0 Å². The van der Waals surface area contributed by atoms with Crippen LogP contribution in [0, 0.1) is 0 Å². The van der Waals surface area contributed by atoms with E-state index in [1.54, 1.807) is 6.33 Å². The van der Waals surface area contributed by atoms with Gasteiger partial charge in [0.15, 0.2) is 0 Å². The Kier molecular flexibility index (Phi) is 3.09. The number of nitrogens with zero attached hydrogens (tertiary/aromatic N) is 2. The van der Waals surface area contributed by atoms with Gasteiger partial charge < -0.3 is 0 Å². The van der Waals surface area contributed by atoms with Crippen molar-refractivity contribution < 1.29 is 0 Å². The fourth-order valence-corrected chi connectivity index (χ4v) is 1.44. The zero-order chi connectivity index (χ0) is 7.40. The van der Waals surface area contributed by atoms with Crippen LogP contribution < -0.4 is 0 Å². The van der Waals surface area contributed by atoms with Gasteiger partial charge >= 0.3 is 0 Å². The number of hydrogen-bond acceptors (Lipinski definition) is 3. The van der Waals surface area contributed by atoms with Gasteiger partial charge in [-0.25, -0.2) is 4.98 Å². The molecule has 0 fully saturated rings. The molecule has 0 aromatic carbocycles. The molecule has 1 rings (SSSR count). The van der Waals surface area contributed by atoms with E-state index in [0.29, 0.717) is 0 Å². The Morgan fingerprint density at radius 3 is 3.10 bits per heavy atom. The molecule has 10 heavy (non-hydrogen) atoms. The molecular weight excluding hydrogens is 168 g/mol. The molecule has 0 spiro atoms. The Hall–Kier alpha value is -0.150. The molecule has 1 aromatic heterocycles. The monoisotopic (exact) mass is 176 g/mol. The molecule has 56 valence electrons. The number of alkyl halides is 1. The summed E-state index contributed by atoms with van der Waals surface area (Å²) in [6.07, 6.45) is 3.41. The fraction of sp³-hybridized carbons (Fsp3) is 0.667. The smallest absolute Gasteiger partial charge is 0.129 e. The normalized spacial score (nSPS) is 13.4. The summed E-state index contributed by atoms with van der Waals surface area (Å²) in [5.41, 5.74) is 0. The highest BCUT2D eigenvalue weighted by Crippen LogP contribution is 2.10. The highest BCUT2D eigenvalue weighted by molar-refractivity contribution is 7.05. The summed E-state index contributed by atoms with van der Waals surface area (Å²) < 4.78 is 3.88. The second-order valence-corrected chi connectivity index (χ2v) is 3.53. The first-order chi connectivity index (χ1) is 4.83. The van der Waals surface area contributed by atoms with Gasteiger partial charge in [-0.05, 0) is 18.0 Å². The fourth-order valence-electron chi connectivity index (χ4n) is 0.620. The van der Waals surface area contributed by atoms with Gasteiger partial charge in [-0.2, -0.15) is 4.37 Å². The molecule has 0 amide bonds. The average molecular weight is 177 g/mol. The second kappa shape index (κ2) is 3.88. The van der Waals surface area contributed by atoms with Crippen LogP contribution in [0.5, 0.6) is 0 Å². The minimum Gasteiger partial charge on any atom is -0.228 e. The topological polar surface area (TPSA) is 25.8 Å². The highest BCUT2D eigenvalue weighted by Gasteiger charge is 2.04. The lowest BCUT2D eigenvalue weighted by atomic mass is 10.2. The van der Waals surface area contributed by atoms with Gasteiger partial charge in [0.1, 0.15) is 11.3 Å². The van der Waals surface area contributed by atoms with Crippen LogP contribution in [0.3, 0.4) is 0 Å². The number of rotatable bonds is 3. The lowest BCUT2D eigenvalue weighted by Gasteiger charge is -1.99. The summed E-state index contributed by atoms with van der Waals surface area (Å²) in [6, 6.07) is 0. The molecule has 2 nitrogen and oxygen atoms in total. The summed E-state index contributed by atoms with van der Waals surface area (Å²) in [4.78, 5) is 4.03. The predicted molar refractivity (Wildman–Crippen MR) is 43.5 cm³/mol. The molecular formula is C6H9ClN2S. The lowest BCUT2D eigenvalue weighted by Crippen LogP contribution is -1.99. The third-order valence-electron chi connectivity index (χ3n) is 1.25. The van der Waals surface area contributed by atoms with E-state index in [4.69, 9.17) is 11.6 Å². The van der Waals surface area contributed by atoms with Crippen molar-refractivity contribution in [1.29, 1.82) is 0 Å². The molecule has 0 saturated heterocycles. The van der Waals surface area contributed by atoms with Crippen LogP contribution in [0.2, 0.25) is 0 Å². The van der Waals surface area contributed by atoms with Crippen LogP contribution >= 0.6 is 23.1 Å². The van der Waals surface area contributed by atoms with Gasteiger partial charge in [-0.3, -0.25) is 0 Å². The van der Waals surface area contributed by atoms with Crippen molar-refractivity contribution >= 4 is 23.1 Å². The molecule has 0 bridgehead atoms. The summed E-state index contributed by atoms with van der Waals surface area (Å²) in [7, 11) is 0. The average Bonchev–Trinajstić information content (AvgIpc) is 2.40. The standard InChI is InChI=1S/C6H9ClN2S/c1-2-5(7)3-6-8-4-9-10-6/h4-5H,2-3H2,1H3. The van der Waals surface area contributed by atoms with Crippen LogP contribution in [0.15, 0.2) is 6.33 Å². The van der Waals surface area contributed by atoms with E-state index in [0.717, 1.165) is 17.8 Å². The van der Waals surface area contributed by atoms with Crippen LogP contribution in [-0.4, -0.2) is 14.7 Å². The lowest BCUT2D eigenvalue weighted by molar-refractivity contribution is 0.800. The molecule has 0 N–H and O–H groups in total. The molecule has 0 saturated carbocycles. The molecule has 1 heterocycles. The van der Waals surface area contributed by atoms with Crippen molar-refractivity contribution in [2.24, 2.45) is 0 Å². The van der Waals surface area contributed by atoms with Crippen LogP contribution in [-0.2, 0) is 6.42 Å². The van der Waals surface area contributed by atoms with E-state index in [1.807, 2.05) is 0 Å². The largest absolute Gasteiger partial charge is 0.228 e. The van der Waals surface area contributed by atoms with Gasteiger partial charge in [0.2, 0.25) is 0 Å². The summed E-state index contributed by atoms with van der Waals surface area (Å²) >= 11 is 7.32. The van der Waals surface area contributed by atoms with Crippen molar-refractivity contribution in [3.05, 3.63) is 11.3 Å². The van der Waals surface area contributed by atoms with Crippen molar-refractivity contribution in [3.63, 3.8) is 0 Å². The van der Waals surface area contributed by atoms with E-state index in [-0.39, 0.29) is 5.38 Å². The zero-order valence-electron chi connectivity index (χ0n) is 5.75. The minimum absolute atomic E-state index is 0.216. The highest BCUT2D eigenvalue weighted by atomic mass is 35.5. The molecule has 1 unspecified atom stereocenters. The first-order valence-electron chi connectivity index (χ1n) is 3.22. The Balaban J connectivity index is 2.40. The SMILES string of the molecule is CCC(Cl)Cc1ncns1. The van der Waals surface area contributed by atoms with E-state index in [9.17, 15) is 0 Å². The third-order valence-corrected chi connectivity index (χ3v) is 2.39. The minimum atomic E-state index is 0.216. The van der Waals surface area contributed by atoms with Crippen molar-refractivity contribution in [2.75, 3.05) is 0 Å². The molecule has 4 heteroatoms. The Morgan fingerprint density at radius 2 is 2.60 bits per heavy atom.